The fourth-order valence-electron chi connectivity index (χ4n) is 7.35. The van der Waals surface area contributed by atoms with Crippen molar-refractivity contribution in [2.45, 2.75) is 69.6 Å². The third-order valence-electron chi connectivity index (χ3n) is 9.27. The second kappa shape index (κ2) is 9.28. The van der Waals surface area contributed by atoms with Crippen LogP contribution < -0.4 is 30.7 Å². The standard InChI is InChI=1S/C29H29F5N6O3/c1-11-18-19-25(37-21(11)26(41)36-3)40-10-28(13-4-5-13)7-6-17(39-28)23(40)12(2)42-27(19)38-22(20(18)31)15-8-14(35)9-16(30)24(15)43-29(32,33)34/h8-9,12-13,17,23,39H,4-7,10,35H2,1-3H3,(H,36,41)/t12-,17-,23+,28+/m0/s1. The van der Waals surface area contributed by atoms with E-state index in [9.17, 15) is 22.4 Å². The molecule has 4 N–H and O–H groups in total. The highest BCUT2D eigenvalue weighted by atomic mass is 19.4. The number of rotatable bonds is 4. The number of anilines is 2. The van der Waals surface area contributed by atoms with Gasteiger partial charge in [-0.15, -0.1) is 13.2 Å². The number of hydrogen-bond donors (Lipinski definition) is 3. The number of amides is 1. The summed E-state index contributed by atoms with van der Waals surface area (Å²) in [7, 11) is 1.42. The molecule has 1 saturated carbocycles. The van der Waals surface area contributed by atoms with E-state index in [0.29, 0.717) is 24.3 Å². The third kappa shape index (κ3) is 4.24. The quantitative estimate of drug-likeness (QED) is 0.293. The van der Waals surface area contributed by atoms with Crippen LogP contribution in [0.3, 0.4) is 0 Å². The first-order valence-corrected chi connectivity index (χ1v) is 14.1. The number of benzene rings is 1. The summed E-state index contributed by atoms with van der Waals surface area (Å²) in [6.45, 7) is 3.88. The Labute approximate surface area is 242 Å². The summed E-state index contributed by atoms with van der Waals surface area (Å²) in [6, 6.07) is 1.35. The number of fused-ring (bicyclic) bond motifs is 5. The Morgan fingerprint density at radius 1 is 1.21 bits per heavy atom. The average molecular weight is 605 g/mol. The molecule has 1 aromatic carbocycles. The SMILES string of the molecule is CNC(=O)c1nc2c3c(nc(-c4cc(N)cc(F)c4OC(F)(F)F)c(F)c3c1C)O[C@@H](C)[C@@H]1[C@@H]3CC[C@](C4CC4)(CN21)N3. The summed E-state index contributed by atoms with van der Waals surface area (Å²) in [5, 5.41) is 6.43. The van der Waals surface area contributed by atoms with Gasteiger partial charge in [0.05, 0.1) is 17.0 Å². The highest BCUT2D eigenvalue weighted by molar-refractivity contribution is 6.07. The molecule has 5 heterocycles. The van der Waals surface area contributed by atoms with Gasteiger partial charge in [0.2, 0.25) is 5.88 Å². The van der Waals surface area contributed by atoms with Crippen LogP contribution in [0.1, 0.15) is 48.7 Å². The number of aromatic nitrogens is 2. The molecule has 3 fully saturated rings. The van der Waals surface area contributed by atoms with E-state index in [-0.39, 0.29) is 51.2 Å². The summed E-state index contributed by atoms with van der Waals surface area (Å²) in [6.07, 6.45) is -1.78. The number of carbonyl (C=O) groups is 1. The van der Waals surface area contributed by atoms with Gasteiger partial charge in [-0.25, -0.2) is 18.7 Å². The monoisotopic (exact) mass is 604 g/mol. The zero-order valence-corrected chi connectivity index (χ0v) is 23.5. The Morgan fingerprint density at radius 2 is 1.95 bits per heavy atom. The lowest BCUT2D eigenvalue weighted by molar-refractivity contribution is -0.275. The zero-order chi connectivity index (χ0) is 30.6. The molecule has 2 saturated heterocycles. The summed E-state index contributed by atoms with van der Waals surface area (Å²) < 4.78 is 82.0. The number of aryl methyl sites for hydroxylation is 1. The lowest BCUT2D eigenvalue weighted by Gasteiger charge is -2.48. The van der Waals surface area contributed by atoms with Gasteiger partial charge in [-0.3, -0.25) is 4.79 Å². The molecule has 3 aromatic rings. The van der Waals surface area contributed by atoms with Crippen LogP contribution in [0.2, 0.25) is 0 Å². The van der Waals surface area contributed by atoms with Crippen molar-refractivity contribution in [3.05, 3.63) is 35.0 Å². The number of nitrogens with one attached hydrogen (secondary N) is 2. The molecule has 0 unspecified atom stereocenters. The van der Waals surface area contributed by atoms with E-state index in [1.54, 1.807) is 0 Å². The molecule has 228 valence electrons. The molecule has 4 aliphatic rings. The van der Waals surface area contributed by atoms with E-state index in [0.717, 1.165) is 31.7 Å². The predicted octanol–water partition coefficient (Wildman–Crippen LogP) is 4.59. The van der Waals surface area contributed by atoms with Crippen LogP contribution in [-0.4, -0.2) is 59.6 Å². The van der Waals surface area contributed by atoms with Crippen LogP contribution in [0.5, 0.6) is 11.6 Å². The van der Waals surface area contributed by atoms with E-state index in [4.69, 9.17) is 15.5 Å². The number of hydrogen-bond acceptors (Lipinski definition) is 8. The van der Waals surface area contributed by atoms with Gasteiger partial charge in [-0.05, 0) is 57.1 Å². The smallest absolute Gasteiger partial charge is 0.472 e. The van der Waals surface area contributed by atoms with Gasteiger partial charge >= 0.3 is 6.36 Å². The van der Waals surface area contributed by atoms with E-state index in [1.165, 1.54) is 14.0 Å². The number of halogens is 5. The predicted molar refractivity (Wildman–Crippen MR) is 147 cm³/mol. The normalized spacial score (nSPS) is 26.1. The van der Waals surface area contributed by atoms with E-state index in [1.807, 2.05) is 6.92 Å². The van der Waals surface area contributed by atoms with Crippen LogP contribution in [0.4, 0.5) is 33.5 Å². The Kier molecular flexibility index (Phi) is 6.01. The summed E-state index contributed by atoms with van der Waals surface area (Å²) in [5.41, 5.74) is 4.08. The minimum Gasteiger partial charge on any atom is -0.472 e. The molecular formula is C29H29F5N6O3. The number of nitrogens with two attached hydrogens (primary N) is 1. The molecule has 14 heteroatoms. The molecule has 0 spiro atoms. The molecule has 1 aliphatic carbocycles. The first-order chi connectivity index (χ1) is 20.3. The van der Waals surface area contributed by atoms with Crippen molar-refractivity contribution in [3.63, 3.8) is 0 Å². The van der Waals surface area contributed by atoms with Crippen molar-refractivity contribution in [3.8, 4) is 22.9 Å². The number of nitrogens with zero attached hydrogens (tertiary/aromatic N) is 3. The van der Waals surface area contributed by atoms with E-state index >= 15 is 4.39 Å². The van der Waals surface area contributed by atoms with Crippen LogP contribution in [-0.2, 0) is 0 Å². The fourth-order valence-corrected chi connectivity index (χ4v) is 7.35. The molecular weight excluding hydrogens is 575 g/mol. The molecule has 9 nitrogen and oxygen atoms in total. The molecule has 43 heavy (non-hydrogen) atoms. The number of carbonyl (C=O) groups excluding carboxylic acids is 1. The van der Waals surface area contributed by atoms with Crippen molar-refractivity contribution >= 4 is 28.2 Å². The minimum absolute atomic E-state index is 0.0133. The first kappa shape index (κ1) is 27.9. The van der Waals surface area contributed by atoms with Crippen LogP contribution >= 0.6 is 0 Å². The van der Waals surface area contributed by atoms with Crippen LogP contribution in [0.25, 0.3) is 22.0 Å². The van der Waals surface area contributed by atoms with Gasteiger partial charge < -0.3 is 30.7 Å². The van der Waals surface area contributed by atoms with Gasteiger partial charge in [0.15, 0.2) is 17.4 Å². The Hall–Kier alpha value is -3.94. The average Bonchev–Trinajstić information content (AvgIpc) is 3.75. The number of nitrogen functional groups attached to an aromatic ring is 1. The maximum atomic E-state index is 16.8. The Bertz CT molecular complexity index is 1700. The summed E-state index contributed by atoms with van der Waals surface area (Å²) >= 11 is 0. The lowest BCUT2D eigenvalue weighted by Crippen LogP contribution is -2.68. The highest BCUT2D eigenvalue weighted by Gasteiger charge is 2.58. The Morgan fingerprint density at radius 3 is 2.63 bits per heavy atom. The van der Waals surface area contributed by atoms with Crippen molar-refractivity contribution in [1.82, 2.24) is 20.6 Å². The second-order valence-electron chi connectivity index (χ2n) is 11.9. The van der Waals surface area contributed by atoms with Gasteiger partial charge in [-0.1, -0.05) is 0 Å². The number of alkyl halides is 3. The van der Waals surface area contributed by atoms with Gasteiger partial charge in [0, 0.05) is 42.3 Å². The first-order valence-electron chi connectivity index (χ1n) is 14.1. The molecule has 3 aliphatic heterocycles. The maximum absolute atomic E-state index is 16.8. The van der Waals surface area contributed by atoms with Crippen LogP contribution in [0, 0.1) is 24.5 Å². The van der Waals surface area contributed by atoms with Crippen LogP contribution in [0.15, 0.2) is 12.1 Å². The third-order valence-corrected chi connectivity index (χ3v) is 9.27. The van der Waals surface area contributed by atoms with E-state index < -0.39 is 47.0 Å². The molecule has 2 aromatic heterocycles. The number of ether oxygens (including phenoxy) is 2. The fraction of sp³-hybridized carbons (Fsp3) is 0.483. The number of pyridine rings is 2. The van der Waals surface area contributed by atoms with Crippen molar-refractivity contribution in [1.29, 1.82) is 0 Å². The van der Waals surface area contributed by atoms with Crippen molar-refractivity contribution < 1.29 is 36.2 Å². The van der Waals surface area contributed by atoms with Gasteiger partial charge in [0.25, 0.3) is 5.91 Å². The topological polar surface area (TPSA) is 115 Å². The molecule has 2 bridgehead atoms. The second-order valence-corrected chi connectivity index (χ2v) is 11.9. The van der Waals surface area contributed by atoms with Gasteiger partial charge in [0.1, 0.15) is 23.3 Å². The van der Waals surface area contributed by atoms with Gasteiger partial charge in [-0.2, -0.15) is 0 Å². The van der Waals surface area contributed by atoms with Crippen molar-refractivity contribution in [2.75, 3.05) is 24.2 Å². The summed E-state index contributed by atoms with van der Waals surface area (Å²) in [4.78, 5) is 24.3. The summed E-state index contributed by atoms with van der Waals surface area (Å²) in [5.74, 6) is -3.70. The minimum atomic E-state index is -5.29. The molecule has 7 rings (SSSR count). The lowest BCUT2D eigenvalue weighted by atomic mass is 9.89. The largest absolute Gasteiger partial charge is 0.573 e. The molecule has 0 radical (unpaired) electrons. The molecule has 4 atom stereocenters. The Balaban J connectivity index is 1.53. The zero-order valence-electron chi connectivity index (χ0n) is 23.5. The van der Waals surface area contributed by atoms with Crippen molar-refractivity contribution in [2.24, 2.45) is 5.92 Å². The molecule has 1 amide bonds. The highest BCUT2D eigenvalue weighted by Crippen LogP contribution is 2.53. The van der Waals surface area contributed by atoms with E-state index in [2.05, 4.69) is 25.3 Å². The number of piperazine rings is 1. The maximum Gasteiger partial charge on any atom is 0.573 e.